The summed E-state index contributed by atoms with van der Waals surface area (Å²) in [5.74, 6) is 0.877. The van der Waals surface area contributed by atoms with Crippen LogP contribution in [-0.2, 0) is 0 Å². The molecule has 0 amide bonds. The molecule has 0 aliphatic rings. The van der Waals surface area contributed by atoms with Gasteiger partial charge in [0.25, 0.3) is 0 Å². The summed E-state index contributed by atoms with van der Waals surface area (Å²) in [6, 6.07) is 4.44. The first-order valence-electron chi connectivity index (χ1n) is 6.15. The summed E-state index contributed by atoms with van der Waals surface area (Å²) < 4.78 is 18.5. The highest BCUT2D eigenvalue weighted by Crippen LogP contribution is 2.29. The average molecular weight is 255 g/mol. The lowest BCUT2D eigenvalue weighted by molar-refractivity contribution is 0.193. The Labute approximate surface area is 108 Å². The zero-order valence-corrected chi connectivity index (χ0v) is 11.5. The number of methoxy groups -OCH3 is 1. The summed E-state index contributed by atoms with van der Waals surface area (Å²) in [4.78, 5) is 1.92. The van der Waals surface area contributed by atoms with Crippen molar-refractivity contribution in [3.63, 3.8) is 0 Å². The Balaban J connectivity index is 2.88. The minimum Gasteiger partial charge on any atom is -0.495 e. The van der Waals surface area contributed by atoms with Crippen molar-refractivity contribution in [2.45, 2.75) is 13.8 Å². The third kappa shape index (κ3) is 3.60. The molecule has 1 aromatic rings. The van der Waals surface area contributed by atoms with Crippen LogP contribution in [0.25, 0.3) is 0 Å². The second-order valence-electron chi connectivity index (χ2n) is 4.88. The van der Waals surface area contributed by atoms with Gasteiger partial charge >= 0.3 is 0 Å². The van der Waals surface area contributed by atoms with Crippen LogP contribution in [0.15, 0.2) is 18.2 Å². The summed E-state index contributed by atoms with van der Waals surface area (Å²) in [6.45, 7) is 4.92. The molecule has 0 fully saturated rings. The topological polar surface area (TPSA) is 32.7 Å². The van der Waals surface area contributed by atoms with Crippen LogP contribution < -0.4 is 9.64 Å². The Hall–Kier alpha value is -1.29. The predicted octanol–water partition coefficient (Wildman–Crippen LogP) is 2.54. The van der Waals surface area contributed by atoms with Gasteiger partial charge in [0.15, 0.2) is 0 Å². The van der Waals surface area contributed by atoms with Crippen molar-refractivity contribution < 1.29 is 14.2 Å². The van der Waals surface area contributed by atoms with E-state index in [1.54, 1.807) is 13.2 Å². The SMILES string of the molecule is COc1ccc(F)cc1N(C)CC(CO)C(C)C. The molecule has 1 unspecified atom stereocenters. The van der Waals surface area contributed by atoms with Crippen LogP contribution in [0.1, 0.15) is 13.8 Å². The lowest BCUT2D eigenvalue weighted by atomic mass is 9.96. The van der Waals surface area contributed by atoms with E-state index in [9.17, 15) is 9.50 Å². The first-order valence-corrected chi connectivity index (χ1v) is 6.15. The van der Waals surface area contributed by atoms with E-state index in [4.69, 9.17) is 4.74 Å². The summed E-state index contributed by atoms with van der Waals surface area (Å²) in [5, 5.41) is 9.34. The Bertz CT molecular complexity index is 382. The Kier molecular flexibility index (Phi) is 5.41. The average Bonchev–Trinajstić information content (AvgIpc) is 2.35. The van der Waals surface area contributed by atoms with E-state index in [1.165, 1.54) is 12.1 Å². The number of nitrogens with zero attached hydrogens (tertiary/aromatic N) is 1. The van der Waals surface area contributed by atoms with Gasteiger partial charge in [-0.15, -0.1) is 0 Å². The molecule has 18 heavy (non-hydrogen) atoms. The Morgan fingerprint density at radius 3 is 2.56 bits per heavy atom. The molecule has 1 N–H and O–H groups in total. The molecule has 0 saturated carbocycles. The van der Waals surface area contributed by atoms with Crippen LogP contribution in [0.5, 0.6) is 5.75 Å². The standard InChI is InChI=1S/C14H22FNO2/c1-10(2)11(9-17)8-16(3)13-7-12(15)5-6-14(13)18-4/h5-7,10-11,17H,8-9H2,1-4H3. The van der Waals surface area contributed by atoms with Crippen molar-refractivity contribution in [2.24, 2.45) is 11.8 Å². The quantitative estimate of drug-likeness (QED) is 0.848. The minimum absolute atomic E-state index is 0.125. The molecule has 0 bridgehead atoms. The van der Waals surface area contributed by atoms with E-state index in [-0.39, 0.29) is 18.3 Å². The van der Waals surface area contributed by atoms with Crippen LogP contribution in [0.3, 0.4) is 0 Å². The molecule has 3 nitrogen and oxygen atoms in total. The van der Waals surface area contributed by atoms with Crippen LogP contribution in [0.2, 0.25) is 0 Å². The lowest BCUT2D eigenvalue weighted by Crippen LogP contribution is -2.30. The fourth-order valence-corrected chi connectivity index (χ4v) is 1.89. The Morgan fingerprint density at radius 1 is 1.39 bits per heavy atom. The second kappa shape index (κ2) is 6.59. The van der Waals surface area contributed by atoms with Gasteiger partial charge in [-0.1, -0.05) is 13.8 Å². The monoisotopic (exact) mass is 255 g/mol. The predicted molar refractivity (Wildman–Crippen MR) is 71.6 cm³/mol. The molecule has 102 valence electrons. The van der Waals surface area contributed by atoms with Gasteiger partial charge in [0, 0.05) is 32.2 Å². The van der Waals surface area contributed by atoms with Crippen molar-refractivity contribution in [3.05, 3.63) is 24.0 Å². The third-order valence-corrected chi connectivity index (χ3v) is 3.24. The molecule has 0 saturated heterocycles. The molecule has 0 heterocycles. The van der Waals surface area contributed by atoms with Crippen LogP contribution in [0, 0.1) is 17.7 Å². The number of hydrogen-bond acceptors (Lipinski definition) is 3. The molecule has 0 aromatic heterocycles. The molecule has 0 spiro atoms. The summed E-state index contributed by atoms with van der Waals surface area (Å²) in [7, 11) is 3.44. The number of anilines is 1. The zero-order chi connectivity index (χ0) is 13.7. The van der Waals surface area contributed by atoms with Gasteiger partial charge in [0.2, 0.25) is 0 Å². The van der Waals surface area contributed by atoms with E-state index in [0.717, 1.165) is 0 Å². The number of hydrogen-bond donors (Lipinski definition) is 1. The normalized spacial score (nSPS) is 12.6. The van der Waals surface area contributed by atoms with E-state index < -0.39 is 0 Å². The van der Waals surface area contributed by atoms with Crippen molar-refractivity contribution >= 4 is 5.69 Å². The number of aliphatic hydroxyl groups is 1. The van der Waals surface area contributed by atoms with E-state index >= 15 is 0 Å². The van der Waals surface area contributed by atoms with Crippen molar-refractivity contribution in [3.8, 4) is 5.75 Å². The second-order valence-corrected chi connectivity index (χ2v) is 4.88. The highest BCUT2D eigenvalue weighted by Gasteiger charge is 2.17. The van der Waals surface area contributed by atoms with Gasteiger partial charge in [-0.05, 0) is 18.1 Å². The maximum atomic E-state index is 13.3. The van der Waals surface area contributed by atoms with Crippen molar-refractivity contribution in [2.75, 3.05) is 32.2 Å². The smallest absolute Gasteiger partial charge is 0.142 e. The highest BCUT2D eigenvalue weighted by molar-refractivity contribution is 5.58. The molecule has 1 aromatic carbocycles. The first kappa shape index (κ1) is 14.8. The van der Waals surface area contributed by atoms with E-state index in [2.05, 4.69) is 13.8 Å². The number of ether oxygens (including phenoxy) is 1. The minimum atomic E-state index is -0.289. The van der Waals surface area contributed by atoms with E-state index in [1.807, 2.05) is 11.9 Å². The molecule has 1 atom stereocenters. The number of halogens is 1. The maximum absolute atomic E-state index is 13.3. The van der Waals surface area contributed by atoms with Crippen LogP contribution in [0.4, 0.5) is 10.1 Å². The van der Waals surface area contributed by atoms with Crippen molar-refractivity contribution in [1.29, 1.82) is 0 Å². The fraction of sp³-hybridized carbons (Fsp3) is 0.571. The van der Waals surface area contributed by atoms with Gasteiger partial charge in [-0.2, -0.15) is 0 Å². The molecular weight excluding hydrogens is 233 g/mol. The molecule has 0 radical (unpaired) electrons. The van der Waals surface area contributed by atoms with Gasteiger partial charge in [-0.25, -0.2) is 4.39 Å². The molecule has 1 rings (SSSR count). The summed E-state index contributed by atoms with van der Waals surface area (Å²) >= 11 is 0. The number of benzene rings is 1. The molecule has 4 heteroatoms. The van der Waals surface area contributed by atoms with Crippen LogP contribution >= 0.6 is 0 Å². The Morgan fingerprint density at radius 2 is 2.06 bits per heavy atom. The molecule has 0 aliphatic carbocycles. The maximum Gasteiger partial charge on any atom is 0.142 e. The molecular formula is C14H22FNO2. The highest BCUT2D eigenvalue weighted by atomic mass is 19.1. The van der Waals surface area contributed by atoms with Crippen LogP contribution in [-0.4, -0.2) is 32.4 Å². The lowest BCUT2D eigenvalue weighted by Gasteiger charge is -2.28. The van der Waals surface area contributed by atoms with Gasteiger partial charge in [0.1, 0.15) is 11.6 Å². The first-order chi connectivity index (χ1) is 8.49. The number of aliphatic hydroxyl groups excluding tert-OH is 1. The number of rotatable bonds is 6. The zero-order valence-electron chi connectivity index (χ0n) is 11.5. The van der Waals surface area contributed by atoms with Crippen molar-refractivity contribution in [1.82, 2.24) is 0 Å². The summed E-state index contributed by atoms with van der Waals surface area (Å²) in [5.41, 5.74) is 0.705. The third-order valence-electron chi connectivity index (χ3n) is 3.24. The molecule has 0 aliphatic heterocycles. The van der Waals surface area contributed by atoms with Gasteiger partial charge < -0.3 is 14.7 Å². The van der Waals surface area contributed by atoms with E-state index in [0.29, 0.717) is 23.9 Å². The summed E-state index contributed by atoms with van der Waals surface area (Å²) in [6.07, 6.45) is 0. The van der Waals surface area contributed by atoms with Gasteiger partial charge in [-0.3, -0.25) is 0 Å². The van der Waals surface area contributed by atoms with Gasteiger partial charge in [0.05, 0.1) is 12.8 Å². The largest absolute Gasteiger partial charge is 0.495 e. The fourth-order valence-electron chi connectivity index (χ4n) is 1.89.